The molecule has 1 saturated heterocycles. The molecule has 2 aliphatic carbocycles. The molecule has 0 spiro atoms. The standard InChI is InChI=1S/C26H28N6O2/c1-31-24-20(30-25(31)18-7-6-17(12-27)29-19(18)9-14-3-4-14)10-16(11-22(24)34-2)26(33)32-13-15-5-8-21(32)23(15)28/h6-7,10-11,14-15,21,23H,3-5,8-9,13,28H2,1-2H3/t15-,21-,23-/m1/s1. The molecule has 3 heterocycles. The number of methoxy groups -OCH3 is 1. The lowest BCUT2D eigenvalue weighted by atomic mass is 10.1. The first-order valence-corrected chi connectivity index (χ1v) is 12.0. The first-order valence-electron chi connectivity index (χ1n) is 12.0. The van der Waals surface area contributed by atoms with Crippen LogP contribution in [0.3, 0.4) is 0 Å². The lowest BCUT2D eigenvalue weighted by Gasteiger charge is -2.27. The topological polar surface area (TPSA) is 110 Å². The number of hydrogen-bond donors (Lipinski definition) is 1. The van der Waals surface area contributed by atoms with Crippen LogP contribution in [0.4, 0.5) is 0 Å². The number of nitrogens with zero attached hydrogens (tertiary/aromatic N) is 5. The van der Waals surface area contributed by atoms with Crippen molar-refractivity contribution in [2.75, 3.05) is 13.7 Å². The first kappa shape index (κ1) is 21.1. The molecular weight excluding hydrogens is 428 g/mol. The van der Waals surface area contributed by atoms with E-state index in [2.05, 4.69) is 11.1 Å². The van der Waals surface area contributed by atoms with Gasteiger partial charge in [0.1, 0.15) is 28.9 Å². The smallest absolute Gasteiger partial charge is 0.254 e. The number of amides is 1. The van der Waals surface area contributed by atoms with Crippen LogP contribution in [0.5, 0.6) is 5.75 Å². The molecule has 34 heavy (non-hydrogen) atoms. The molecule has 2 aromatic heterocycles. The van der Waals surface area contributed by atoms with Gasteiger partial charge in [-0.25, -0.2) is 9.97 Å². The SMILES string of the molecule is COc1cc(C(=O)N2C[C@H]3CC[C@@H]2[C@@H]3N)cc2nc(-c3ccc(C#N)nc3CC3CC3)n(C)c12. The molecule has 3 atom stereocenters. The number of nitriles is 1. The van der Waals surface area contributed by atoms with Crippen molar-refractivity contribution in [2.24, 2.45) is 24.6 Å². The number of carbonyl (C=O) groups is 1. The van der Waals surface area contributed by atoms with Gasteiger partial charge in [0.05, 0.1) is 18.3 Å². The van der Waals surface area contributed by atoms with Gasteiger partial charge in [-0.1, -0.05) is 0 Å². The largest absolute Gasteiger partial charge is 0.494 e. The summed E-state index contributed by atoms with van der Waals surface area (Å²) in [6, 6.07) is 9.69. The molecule has 1 aliphatic heterocycles. The van der Waals surface area contributed by atoms with Crippen LogP contribution in [0.25, 0.3) is 22.4 Å². The number of aromatic nitrogens is 3. The molecule has 3 fully saturated rings. The predicted molar refractivity (Wildman–Crippen MR) is 127 cm³/mol. The molecule has 1 aromatic carbocycles. The molecule has 3 aromatic rings. The van der Waals surface area contributed by atoms with E-state index < -0.39 is 0 Å². The maximum atomic E-state index is 13.4. The molecular formula is C26H28N6O2. The van der Waals surface area contributed by atoms with Crippen LogP contribution in [0.15, 0.2) is 24.3 Å². The monoisotopic (exact) mass is 456 g/mol. The summed E-state index contributed by atoms with van der Waals surface area (Å²) < 4.78 is 7.72. The molecule has 8 nitrogen and oxygen atoms in total. The van der Waals surface area contributed by atoms with Gasteiger partial charge >= 0.3 is 0 Å². The number of pyridine rings is 1. The fourth-order valence-electron chi connectivity index (χ4n) is 5.80. The number of benzene rings is 1. The van der Waals surface area contributed by atoms with E-state index in [9.17, 15) is 10.1 Å². The lowest BCUT2D eigenvalue weighted by molar-refractivity contribution is 0.0700. The third-order valence-corrected chi connectivity index (χ3v) is 7.82. The van der Waals surface area contributed by atoms with Crippen LogP contribution >= 0.6 is 0 Å². The molecule has 0 unspecified atom stereocenters. The van der Waals surface area contributed by atoms with Gasteiger partial charge in [-0.3, -0.25) is 4.79 Å². The van der Waals surface area contributed by atoms with Gasteiger partial charge in [0.15, 0.2) is 0 Å². The van der Waals surface area contributed by atoms with Crippen molar-refractivity contribution in [1.82, 2.24) is 19.4 Å². The number of likely N-dealkylation sites (tertiary alicyclic amines) is 1. The first-order chi connectivity index (χ1) is 16.5. The van der Waals surface area contributed by atoms with E-state index in [-0.39, 0.29) is 18.0 Å². The molecule has 3 aliphatic rings. The Kier molecular flexibility index (Phi) is 4.85. The van der Waals surface area contributed by atoms with Crippen molar-refractivity contribution < 1.29 is 9.53 Å². The summed E-state index contributed by atoms with van der Waals surface area (Å²) in [7, 11) is 3.57. The minimum Gasteiger partial charge on any atom is -0.494 e. The number of piperidine rings is 1. The number of fused-ring (bicyclic) bond motifs is 3. The van der Waals surface area contributed by atoms with Gasteiger partial charge in [0.25, 0.3) is 5.91 Å². The average Bonchev–Trinajstić information content (AvgIpc) is 3.43. The Labute approximate surface area is 198 Å². The van der Waals surface area contributed by atoms with Crippen LogP contribution in [-0.4, -0.2) is 51.1 Å². The van der Waals surface area contributed by atoms with Crippen LogP contribution in [0.2, 0.25) is 0 Å². The molecule has 8 heteroatoms. The van der Waals surface area contributed by atoms with Gasteiger partial charge in [0.2, 0.25) is 0 Å². The van der Waals surface area contributed by atoms with E-state index in [1.165, 1.54) is 12.8 Å². The highest BCUT2D eigenvalue weighted by Crippen LogP contribution is 2.39. The zero-order chi connectivity index (χ0) is 23.6. The van der Waals surface area contributed by atoms with Crippen LogP contribution in [0, 0.1) is 23.2 Å². The quantitative estimate of drug-likeness (QED) is 0.632. The number of ether oxygens (including phenoxy) is 1. The Balaban J connectivity index is 1.43. The molecule has 174 valence electrons. The fraction of sp³-hybridized carbons (Fsp3) is 0.462. The highest BCUT2D eigenvalue weighted by atomic mass is 16.5. The Morgan fingerprint density at radius 1 is 1.24 bits per heavy atom. The summed E-state index contributed by atoms with van der Waals surface area (Å²) in [6.07, 6.45) is 5.31. The van der Waals surface area contributed by atoms with Crippen molar-refractivity contribution >= 4 is 16.9 Å². The van der Waals surface area contributed by atoms with E-state index in [1.807, 2.05) is 34.7 Å². The third kappa shape index (κ3) is 3.26. The second-order valence-corrected chi connectivity index (χ2v) is 9.93. The van der Waals surface area contributed by atoms with Crippen molar-refractivity contribution in [2.45, 2.75) is 44.2 Å². The second kappa shape index (κ2) is 7.81. The summed E-state index contributed by atoms with van der Waals surface area (Å²) in [6.45, 7) is 0.722. The molecule has 2 saturated carbocycles. The van der Waals surface area contributed by atoms with E-state index in [1.54, 1.807) is 13.2 Å². The van der Waals surface area contributed by atoms with Crippen LogP contribution in [-0.2, 0) is 13.5 Å². The summed E-state index contributed by atoms with van der Waals surface area (Å²) in [5.74, 6) is 2.38. The number of aryl methyl sites for hydroxylation is 1. The van der Waals surface area contributed by atoms with Crippen LogP contribution < -0.4 is 10.5 Å². The predicted octanol–water partition coefficient (Wildman–Crippen LogP) is 3.03. The van der Waals surface area contributed by atoms with E-state index in [0.717, 1.165) is 48.4 Å². The van der Waals surface area contributed by atoms with Crippen molar-refractivity contribution in [3.8, 4) is 23.2 Å². The Morgan fingerprint density at radius 2 is 2.06 bits per heavy atom. The van der Waals surface area contributed by atoms with Crippen molar-refractivity contribution in [3.05, 3.63) is 41.2 Å². The summed E-state index contributed by atoms with van der Waals surface area (Å²) in [5.41, 5.74) is 10.7. The minimum atomic E-state index is -0.00971. The maximum absolute atomic E-state index is 13.4. The number of rotatable bonds is 5. The number of carbonyl (C=O) groups excluding carboxylic acids is 1. The number of hydrogen-bond acceptors (Lipinski definition) is 6. The van der Waals surface area contributed by atoms with Gasteiger partial charge in [0, 0.05) is 36.8 Å². The van der Waals surface area contributed by atoms with Crippen molar-refractivity contribution in [3.63, 3.8) is 0 Å². The summed E-state index contributed by atoms with van der Waals surface area (Å²) in [5, 5.41) is 9.34. The molecule has 0 radical (unpaired) electrons. The number of imidazole rings is 1. The van der Waals surface area contributed by atoms with E-state index in [4.69, 9.17) is 15.5 Å². The Bertz CT molecular complexity index is 1350. The molecule has 2 bridgehead atoms. The minimum absolute atomic E-state index is 0.00971. The Hall–Kier alpha value is -3.44. The van der Waals surface area contributed by atoms with Crippen molar-refractivity contribution in [1.29, 1.82) is 5.26 Å². The van der Waals surface area contributed by atoms with Gasteiger partial charge in [-0.15, -0.1) is 0 Å². The van der Waals surface area contributed by atoms with Crippen LogP contribution in [0.1, 0.15) is 47.4 Å². The highest BCUT2D eigenvalue weighted by Gasteiger charge is 2.47. The zero-order valence-electron chi connectivity index (χ0n) is 19.5. The van der Waals surface area contributed by atoms with E-state index >= 15 is 0 Å². The summed E-state index contributed by atoms with van der Waals surface area (Å²) in [4.78, 5) is 24.9. The van der Waals surface area contributed by atoms with Gasteiger partial charge in [-0.2, -0.15) is 5.26 Å². The fourth-order valence-corrected chi connectivity index (χ4v) is 5.80. The zero-order valence-corrected chi connectivity index (χ0v) is 19.5. The molecule has 2 N–H and O–H groups in total. The maximum Gasteiger partial charge on any atom is 0.254 e. The normalized spacial score (nSPS) is 23.5. The van der Waals surface area contributed by atoms with Gasteiger partial charge < -0.3 is 19.9 Å². The summed E-state index contributed by atoms with van der Waals surface area (Å²) >= 11 is 0. The molecule has 6 rings (SSSR count). The van der Waals surface area contributed by atoms with Gasteiger partial charge in [-0.05, 0) is 68.2 Å². The van der Waals surface area contributed by atoms with E-state index in [0.29, 0.717) is 34.4 Å². The number of nitrogens with two attached hydrogens (primary N) is 1. The highest BCUT2D eigenvalue weighted by molar-refractivity contribution is 6.00. The third-order valence-electron chi connectivity index (χ3n) is 7.82. The average molecular weight is 457 g/mol. The lowest BCUT2D eigenvalue weighted by Crippen LogP contribution is -2.41. The molecule has 1 amide bonds. The Morgan fingerprint density at radius 3 is 2.71 bits per heavy atom. The second-order valence-electron chi connectivity index (χ2n) is 9.93.